The number of hydrogen-bond donors (Lipinski definition) is 2. The van der Waals surface area contributed by atoms with E-state index in [0.717, 1.165) is 0 Å². The van der Waals surface area contributed by atoms with Crippen LogP contribution in [0.3, 0.4) is 0 Å². The average molecular weight is 384 g/mol. The molecule has 0 fully saturated rings. The van der Waals surface area contributed by atoms with Gasteiger partial charge < -0.3 is 10.4 Å². The van der Waals surface area contributed by atoms with Crippen LogP contribution in [0, 0.1) is 5.92 Å². The Morgan fingerprint density at radius 3 is 1.96 bits per heavy atom. The first kappa shape index (κ1) is 22.1. The Bertz CT molecular complexity index is 708. The van der Waals surface area contributed by atoms with E-state index < -0.39 is 27.9 Å². The molecule has 1 amide bonds. The normalized spacial score (nSPS) is 13.0. The van der Waals surface area contributed by atoms with Gasteiger partial charge in [-0.2, -0.15) is 4.31 Å². The van der Waals surface area contributed by atoms with Gasteiger partial charge in [0.1, 0.15) is 6.04 Å². The molecule has 0 aliphatic heterocycles. The Morgan fingerprint density at radius 1 is 1.08 bits per heavy atom. The third kappa shape index (κ3) is 5.54. The monoisotopic (exact) mass is 384 g/mol. The Morgan fingerprint density at radius 2 is 1.58 bits per heavy atom. The van der Waals surface area contributed by atoms with Gasteiger partial charge in [0, 0.05) is 18.7 Å². The van der Waals surface area contributed by atoms with E-state index in [1.54, 1.807) is 13.8 Å². The van der Waals surface area contributed by atoms with Crippen LogP contribution in [0.15, 0.2) is 29.2 Å². The minimum Gasteiger partial charge on any atom is -0.480 e. The smallest absolute Gasteiger partial charge is 0.326 e. The molecule has 0 saturated heterocycles. The molecule has 0 spiro atoms. The van der Waals surface area contributed by atoms with Crippen LogP contribution < -0.4 is 5.32 Å². The van der Waals surface area contributed by atoms with Gasteiger partial charge in [-0.25, -0.2) is 13.2 Å². The molecule has 0 unspecified atom stereocenters. The van der Waals surface area contributed by atoms with Crippen molar-refractivity contribution in [3.63, 3.8) is 0 Å². The summed E-state index contributed by atoms with van der Waals surface area (Å²) < 4.78 is 26.8. The Labute approximate surface area is 155 Å². The van der Waals surface area contributed by atoms with Crippen LogP contribution in [0.25, 0.3) is 0 Å². The summed E-state index contributed by atoms with van der Waals surface area (Å²) in [5.74, 6) is -1.93. The van der Waals surface area contributed by atoms with Crippen LogP contribution in [0.1, 0.15) is 50.9 Å². The first-order chi connectivity index (χ1) is 12.1. The minimum atomic E-state index is -3.61. The maximum atomic E-state index is 12.7. The Kier molecular flexibility index (Phi) is 8.23. The van der Waals surface area contributed by atoms with Crippen LogP contribution >= 0.6 is 0 Å². The molecule has 0 radical (unpaired) electrons. The number of amides is 1. The van der Waals surface area contributed by atoms with Gasteiger partial charge in [-0.05, 0) is 43.0 Å². The van der Waals surface area contributed by atoms with Gasteiger partial charge in [-0.15, -0.1) is 0 Å². The lowest BCUT2D eigenvalue weighted by Crippen LogP contribution is -2.44. The molecule has 0 aliphatic rings. The lowest BCUT2D eigenvalue weighted by atomic mass is 10.0. The third-order valence-electron chi connectivity index (χ3n) is 3.92. The highest BCUT2D eigenvalue weighted by Gasteiger charge is 2.25. The lowest BCUT2D eigenvalue weighted by Gasteiger charge is -2.21. The fourth-order valence-corrected chi connectivity index (χ4v) is 4.14. The summed E-state index contributed by atoms with van der Waals surface area (Å²) in [7, 11) is -3.61. The molecular formula is C18H28N2O5S. The molecule has 2 N–H and O–H groups in total. The standard InChI is InChI=1S/C18H28N2O5S/c1-5-11-20(12-6-2)26(24,25)15-9-7-14(8-10-15)17(21)19-16(13(3)4)18(22)23/h7-10,13,16H,5-6,11-12H2,1-4H3,(H,19,21)(H,22,23)/t16-/m0/s1. The first-order valence-corrected chi connectivity index (χ1v) is 10.2. The van der Waals surface area contributed by atoms with Crippen molar-refractivity contribution in [3.8, 4) is 0 Å². The average Bonchev–Trinajstić information content (AvgIpc) is 2.58. The predicted molar refractivity (Wildman–Crippen MR) is 99.5 cm³/mol. The number of carboxylic acid groups (broad SMARTS) is 1. The number of carboxylic acids is 1. The van der Waals surface area contributed by atoms with Crippen molar-refractivity contribution in [3.05, 3.63) is 29.8 Å². The zero-order valence-electron chi connectivity index (χ0n) is 15.7. The molecular weight excluding hydrogens is 356 g/mol. The van der Waals surface area contributed by atoms with Gasteiger partial charge in [0.2, 0.25) is 10.0 Å². The Balaban J connectivity index is 3.00. The van der Waals surface area contributed by atoms with Gasteiger partial charge in [-0.3, -0.25) is 4.79 Å². The summed E-state index contributed by atoms with van der Waals surface area (Å²) in [5, 5.41) is 11.6. The SMILES string of the molecule is CCCN(CCC)S(=O)(=O)c1ccc(C(=O)N[C@H](C(=O)O)C(C)C)cc1. The number of aliphatic carboxylic acids is 1. The van der Waals surface area contributed by atoms with E-state index in [1.165, 1.54) is 28.6 Å². The zero-order chi connectivity index (χ0) is 19.9. The van der Waals surface area contributed by atoms with E-state index in [0.29, 0.717) is 25.9 Å². The largest absolute Gasteiger partial charge is 0.480 e. The molecule has 0 saturated carbocycles. The Hall–Kier alpha value is -1.93. The third-order valence-corrected chi connectivity index (χ3v) is 5.83. The van der Waals surface area contributed by atoms with Crippen LogP contribution in [-0.4, -0.2) is 48.8 Å². The second-order valence-corrected chi connectivity index (χ2v) is 8.40. The first-order valence-electron chi connectivity index (χ1n) is 8.79. The summed E-state index contributed by atoms with van der Waals surface area (Å²) in [6.45, 7) is 8.11. The molecule has 7 nitrogen and oxygen atoms in total. The van der Waals surface area contributed by atoms with Crippen LogP contribution in [0.5, 0.6) is 0 Å². The molecule has 1 aromatic rings. The number of carbonyl (C=O) groups is 2. The molecule has 1 rings (SSSR count). The molecule has 1 atom stereocenters. The van der Waals surface area contributed by atoms with E-state index in [9.17, 15) is 18.0 Å². The topological polar surface area (TPSA) is 104 Å². The van der Waals surface area contributed by atoms with Crippen molar-refractivity contribution in [2.24, 2.45) is 5.92 Å². The van der Waals surface area contributed by atoms with Crippen LogP contribution in [0.4, 0.5) is 0 Å². The number of nitrogens with one attached hydrogen (secondary N) is 1. The van der Waals surface area contributed by atoms with E-state index in [1.807, 2.05) is 13.8 Å². The minimum absolute atomic E-state index is 0.120. The van der Waals surface area contributed by atoms with Gasteiger partial charge in [-0.1, -0.05) is 27.7 Å². The lowest BCUT2D eigenvalue weighted by molar-refractivity contribution is -0.140. The summed E-state index contributed by atoms with van der Waals surface area (Å²) in [5.41, 5.74) is 0.216. The molecule has 8 heteroatoms. The summed E-state index contributed by atoms with van der Waals surface area (Å²) in [6, 6.07) is 4.56. The second kappa shape index (κ2) is 9.68. The zero-order valence-corrected chi connectivity index (χ0v) is 16.5. The number of hydrogen-bond acceptors (Lipinski definition) is 4. The molecule has 0 heterocycles. The number of rotatable bonds is 10. The van der Waals surface area contributed by atoms with Crippen LogP contribution in [-0.2, 0) is 14.8 Å². The molecule has 26 heavy (non-hydrogen) atoms. The van der Waals surface area contributed by atoms with Crippen molar-refractivity contribution in [1.82, 2.24) is 9.62 Å². The van der Waals surface area contributed by atoms with E-state index in [4.69, 9.17) is 5.11 Å². The van der Waals surface area contributed by atoms with Crippen LogP contribution in [0.2, 0.25) is 0 Å². The van der Waals surface area contributed by atoms with Crippen molar-refractivity contribution in [1.29, 1.82) is 0 Å². The maximum absolute atomic E-state index is 12.7. The summed E-state index contributed by atoms with van der Waals surface area (Å²) >= 11 is 0. The summed E-state index contributed by atoms with van der Waals surface area (Å²) in [6.07, 6.45) is 1.43. The highest BCUT2D eigenvalue weighted by atomic mass is 32.2. The summed E-state index contributed by atoms with van der Waals surface area (Å²) in [4.78, 5) is 23.5. The van der Waals surface area contributed by atoms with E-state index >= 15 is 0 Å². The molecule has 1 aromatic carbocycles. The van der Waals surface area contributed by atoms with Crippen molar-refractivity contribution in [2.45, 2.75) is 51.5 Å². The molecule has 0 aliphatic carbocycles. The van der Waals surface area contributed by atoms with E-state index in [-0.39, 0.29) is 16.4 Å². The number of carbonyl (C=O) groups excluding carboxylic acids is 1. The van der Waals surface area contributed by atoms with Gasteiger partial charge in [0.05, 0.1) is 4.90 Å². The van der Waals surface area contributed by atoms with Crippen molar-refractivity contribution in [2.75, 3.05) is 13.1 Å². The quantitative estimate of drug-likeness (QED) is 0.644. The molecule has 0 bridgehead atoms. The fourth-order valence-electron chi connectivity index (χ4n) is 2.52. The van der Waals surface area contributed by atoms with Crippen molar-refractivity contribution < 1.29 is 23.1 Å². The highest BCUT2D eigenvalue weighted by Crippen LogP contribution is 2.17. The molecule has 0 aromatic heterocycles. The fraction of sp³-hybridized carbons (Fsp3) is 0.556. The van der Waals surface area contributed by atoms with E-state index in [2.05, 4.69) is 5.32 Å². The predicted octanol–water partition coefficient (Wildman–Crippen LogP) is 2.34. The number of benzene rings is 1. The molecule has 146 valence electrons. The highest BCUT2D eigenvalue weighted by molar-refractivity contribution is 7.89. The van der Waals surface area contributed by atoms with Gasteiger partial charge >= 0.3 is 5.97 Å². The van der Waals surface area contributed by atoms with Crippen molar-refractivity contribution >= 4 is 21.9 Å². The second-order valence-electron chi connectivity index (χ2n) is 6.46. The number of nitrogens with zero attached hydrogens (tertiary/aromatic N) is 1. The van der Waals surface area contributed by atoms with Gasteiger partial charge in [0.25, 0.3) is 5.91 Å². The van der Waals surface area contributed by atoms with Gasteiger partial charge in [0.15, 0.2) is 0 Å². The maximum Gasteiger partial charge on any atom is 0.326 e. The number of sulfonamides is 1.